The van der Waals surface area contributed by atoms with E-state index in [9.17, 15) is 0 Å². The van der Waals surface area contributed by atoms with E-state index in [4.69, 9.17) is 31.0 Å². The van der Waals surface area contributed by atoms with Gasteiger partial charge in [-0.15, -0.1) is 0 Å². The minimum absolute atomic E-state index is 0.0630. The molecule has 1 heterocycles. The summed E-state index contributed by atoms with van der Waals surface area (Å²) in [6, 6.07) is 14.4. The van der Waals surface area contributed by atoms with Crippen LogP contribution in [0.25, 0.3) is 11.3 Å². The molecule has 5 rings (SSSR count). The molecular formula is C27H30ClN3O2. The number of methoxy groups -OCH3 is 1. The molecule has 2 aromatic carbocycles. The zero-order valence-corrected chi connectivity index (χ0v) is 20.2. The van der Waals surface area contributed by atoms with Crippen LogP contribution in [0.4, 0.5) is 5.82 Å². The smallest absolute Gasteiger partial charge is 0.148 e. The normalized spacial score (nSPS) is 19.4. The Morgan fingerprint density at radius 3 is 2.61 bits per heavy atom. The van der Waals surface area contributed by atoms with Crippen LogP contribution < -0.4 is 10.1 Å². The lowest BCUT2D eigenvalue weighted by Crippen LogP contribution is -2.26. The maximum Gasteiger partial charge on any atom is 0.148 e. The van der Waals surface area contributed by atoms with Gasteiger partial charge >= 0.3 is 0 Å². The highest BCUT2D eigenvalue weighted by atomic mass is 35.5. The van der Waals surface area contributed by atoms with Gasteiger partial charge in [-0.25, -0.2) is 9.97 Å². The van der Waals surface area contributed by atoms with Gasteiger partial charge in [0.2, 0.25) is 0 Å². The van der Waals surface area contributed by atoms with Crippen molar-refractivity contribution in [3.05, 3.63) is 70.0 Å². The molecule has 1 saturated carbocycles. The Morgan fingerprint density at radius 1 is 1.09 bits per heavy atom. The van der Waals surface area contributed by atoms with Crippen LogP contribution >= 0.6 is 11.6 Å². The molecule has 172 valence electrons. The van der Waals surface area contributed by atoms with Crippen molar-refractivity contribution in [1.82, 2.24) is 9.97 Å². The number of benzene rings is 2. The molecule has 6 heteroatoms. The average Bonchev–Trinajstić information content (AvgIpc) is 3.62. The van der Waals surface area contributed by atoms with Crippen molar-refractivity contribution in [2.24, 2.45) is 0 Å². The largest absolute Gasteiger partial charge is 0.497 e. The fourth-order valence-corrected chi connectivity index (χ4v) is 5.01. The van der Waals surface area contributed by atoms with Gasteiger partial charge in [0.15, 0.2) is 0 Å². The second-order valence-electron chi connectivity index (χ2n) is 8.75. The van der Waals surface area contributed by atoms with Gasteiger partial charge in [0, 0.05) is 24.5 Å². The van der Waals surface area contributed by atoms with Crippen molar-refractivity contribution in [3.8, 4) is 17.0 Å². The standard InChI is InChI=1S/C27H30ClN3O2/c1-4-22-25(20-13-12-18(32-3)15-21(20)28)30-24(16-10-11-16)27(29-22)31-26-19-9-7-6-8-17(19)14-23(26)33-5-2/h6-9,12-13,15-16,23,26H,4-5,10-11,14H2,1-3H3,(H,29,31)/t23-,26+/m0/s1. The van der Waals surface area contributed by atoms with Gasteiger partial charge in [-0.05, 0) is 55.5 Å². The Kier molecular flexibility index (Phi) is 6.26. The monoisotopic (exact) mass is 463 g/mol. The van der Waals surface area contributed by atoms with E-state index in [1.54, 1.807) is 7.11 Å². The van der Waals surface area contributed by atoms with E-state index in [2.05, 4.69) is 43.4 Å². The molecule has 0 amide bonds. The first-order chi connectivity index (χ1) is 16.1. The summed E-state index contributed by atoms with van der Waals surface area (Å²) in [5.74, 6) is 2.05. The van der Waals surface area contributed by atoms with Crippen LogP contribution in [0.3, 0.4) is 0 Å². The molecule has 2 aliphatic rings. The Hall–Kier alpha value is -2.63. The van der Waals surface area contributed by atoms with E-state index in [-0.39, 0.29) is 12.1 Å². The Labute approximate surface area is 200 Å². The highest BCUT2D eigenvalue weighted by molar-refractivity contribution is 6.33. The number of fused-ring (bicyclic) bond motifs is 1. The Morgan fingerprint density at radius 2 is 1.91 bits per heavy atom. The fourth-order valence-electron chi connectivity index (χ4n) is 4.75. The molecule has 3 aromatic rings. The van der Waals surface area contributed by atoms with Gasteiger partial charge in [-0.2, -0.15) is 0 Å². The van der Waals surface area contributed by atoms with Crippen LogP contribution in [-0.2, 0) is 17.6 Å². The molecule has 0 saturated heterocycles. The summed E-state index contributed by atoms with van der Waals surface area (Å²) < 4.78 is 11.5. The summed E-state index contributed by atoms with van der Waals surface area (Å²) in [5, 5.41) is 4.38. The third-order valence-electron chi connectivity index (χ3n) is 6.58. The van der Waals surface area contributed by atoms with E-state index >= 15 is 0 Å². The molecule has 1 N–H and O–H groups in total. The first kappa shape index (κ1) is 22.2. The predicted octanol–water partition coefficient (Wildman–Crippen LogP) is 6.36. The molecule has 33 heavy (non-hydrogen) atoms. The molecule has 2 atom stereocenters. The number of hydrogen-bond acceptors (Lipinski definition) is 5. The second kappa shape index (κ2) is 9.32. The van der Waals surface area contributed by atoms with Gasteiger partial charge < -0.3 is 14.8 Å². The van der Waals surface area contributed by atoms with Crippen LogP contribution in [0, 0.1) is 0 Å². The quantitative estimate of drug-likeness (QED) is 0.421. The molecular weight excluding hydrogens is 434 g/mol. The molecule has 1 fully saturated rings. The van der Waals surface area contributed by atoms with Gasteiger partial charge in [0.1, 0.15) is 11.6 Å². The zero-order valence-electron chi connectivity index (χ0n) is 19.4. The lowest BCUT2D eigenvalue weighted by Gasteiger charge is -2.24. The number of nitrogens with one attached hydrogen (secondary N) is 1. The number of rotatable bonds is 8. The van der Waals surface area contributed by atoms with Crippen molar-refractivity contribution in [2.45, 2.75) is 57.6 Å². The van der Waals surface area contributed by atoms with Crippen LogP contribution in [0.15, 0.2) is 42.5 Å². The van der Waals surface area contributed by atoms with Crippen LogP contribution in [0.2, 0.25) is 5.02 Å². The third-order valence-corrected chi connectivity index (χ3v) is 6.89. The molecule has 2 aliphatic carbocycles. The SMILES string of the molecule is CCO[C@H]1Cc2ccccc2[C@H]1Nc1nc(CC)c(-c2ccc(OC)cc2Cl)nc1C1CC1. The first-order valence-corrected chi connectivity index (χ1v) is 12.2. The van der Waals surface area contributed by atoms with E-state index in [1.807, 2.05) is 18.2 Å². The summed E-state index contributed by atoms with van der Waals surface area (Å²) >= 11 is 6.63. The number of ether oxygens (including phenoxy) is 2. The van der Waals surface area contributed by atoms with E-state index in [1.165, 1.54) is 11.1 Å². The lowest BCUT2D eigenvalue weighted by atomic mass is 10.1. The van der Waals surface area contributed by atoms with Crippen molar-refractivity contribution >= 4 is 17.4 Å². The summed E-state index contributed by atoms with van der Waals surface area (Å²) in [6.45, 7) is 4.85. The van der Waals surface area contributed by atoms with Gasteiger partial charge in [0.05, 0.1) is 41.4 Å². The number of aromatic nitrogens is 2. The van der Waals surface area contributed by atoms with E-state index < -0.39 is 0 Å². The maximum atomic E-state index is 6.63. The first-order valence-electron chi connectivity index (χ1n) is 11.8. The zero-order chi connectivity index (χ0) is 22.9. The third kappa shape index (κ3) is 4.32. The van der Waals surface area contributed by atoms with Crippen LogP contribution in [-0.4, -0.2) is 29.8 Å². The lowest BCUT2D eigenvalue weighted by molar-refractivity contribution is 0.0573. The maximum absolute atomic E-state index is 6.63. The predicted molar refractivity (Wildman–Crippen MR) is 132 cm³/mol. The second-order valence-corrected chi connectivity index (χ2v) is 9.15. The summed E-state index contributed by atoms with van der Waals surface area (Å²) in [4.78, 5) is 10.3. The van der Waals surface area contributed by atoms with Crippen LogP contribution in [0.1, 0.15) is 61.2 Å². The number of halogens is 1. The molecule has 0 aliphatic heterocycles. The van der Waals surface area contributed by atoms with Gasteiger partial charge in [-0.3, -0.25) is 0 Å². The van der Waals surface area contributed by atoms with Gasteiger partial charge in [0.25, 0.3) is 0 Å². The topological polar surface area (TPSA) is 56.3 Å². The molecule has 0 radical (unpaired) electrons. The average molecular weight is 464 g/mol. The summed E-state index contributed by atoms with van der Waals surface area (Å²) in [6.07, 6.45) is 4.04. The summed E-state index contributed by atoms with van der Waals surface area (Å²) in [5.41, 5.74) is 6.37. The van der Waals surface area contributed by atoms with E-state index in [0.717, 1.165) is 59.9 Å². The van der Waals surface area contributed by atoms with Crippen LogP contribution in [0.5, 0.6) is 5.75 Å². The molecule has 0 spiro atoms. The van der Waals surface area contributed by atoms with Crippen molar-refractivity contribution < 1.29 is 9.47 Å². The fraction of sp³-hybridized carbons (Fsp3) is 0.407. The number of hydrogen-bond donors (Lipinski definition) is 1. The highest BCUT2D eigenvalue weighted by Crippen LogP contribution is 2.45. The molecule has 0 unspecified atom stereocenters. The van der Waals surface area contributed by atoms with Crippen molar-refractivity contribution in [3.63, 3.8) is 0 Å². The van der Waals surface area contributed by atoms with Crippen molar-refractivity contribution in [1.29, 1.82) is 0 Å². The minimum atomic E-state index is 0.0630. The highest BCUT2D eigenvalue weighted by Gasteiger charge is 2.36. The number of nitrogens with zero attached hydrogens (tertiary/aromatic N) is 2. The molecule has 0 bridgehead atoms. The van der Waals surface area contributed by atoms with Gasteiger partial charge in [-0.1, -0.05) is 42.8 Å². The van der Waals surface area contributed by atoms with E-state index in [0.29, 0.717) is 17.5 Å². The Balaban J connectivity index is 1.56. The minimum Gasteiger partial charge on any atom is -0.497 e. The van der Waals surface area contributed by atoms with Crippen molar-refractivity contribution in [2.75, 3.05) is 19.0 Å². The molecule has 1 aromatic heterocycles. The Bertz CT molecular complexity index is 1160. The summed E-state index contributed by atoms with van der Waals surface area (Å²) in [7, 11) is 1.64. The molecule has 5 nitrogen and oxygen atoms in total. The number of aryl methyl sites for hydroxylation is 1. The number of anilines is 1.